The van der Waals surface area contributed by atoms with E-state index in [-0.39, 0.29) is 11.9 Å². The average molecular weight is 406 g/mol. The fourth-order valence-corrected chi connectivity index (χ4v) is 3.86. The van der Waals surface area contributed by atoms with Crippen molar-refractivity contribution in [2.75, 3.05) is 37.6 Å². The van der Waals surface area contributed by atoms with Gasteiger partial charge in [-0.2, -0.15) is 0 Å². The Kier molecular flexibility index (Phi) is 6.09. The van der Waals surface area contributed by atoms with Crippen molar-refractivity contribution in [1.29, 1.82) is 0 Å². The van der Waals surface area contributed by atoms with E-state index >= 15 is 0 Å². The number of amides is 1. The van der Waals surface area contributed by atoms with Gasteiger partial charge >= 0.3 is 0 Å². The first-order valence-corrected chi connectivity index (χ1v) is 10.3. The number of rotatable bonds is 6. The molecule has 1 amide bonds. The maximum Gasteiger partial charge on any atom is 0.257 e. The van der Waals surface area contributed by atoms with Crippen molar-refractivity contribution >= 4 is 11.7 Å². The third-order valence-electron chi connectivity index (χ3n) is 5.39. The molecular formula is C23H27N5O2. The second kappa shape index (κ2) is 9.09. The zero-order chi connectivity index (χ0) is 20.9. The van der Waals surface area contributed by atoms with Crippen LogP contribution in [0.25, 0.3) is 11.3 Å². The van der Waals surface area contributed by atoms with E-state index < -0.39 is 0 Å². The van der Waals surface area contributed by atoms with Crippen LogP contribution >= 0.6 is 0 Å². The Labute approximate surface area is 176 Å². The fourth-order valence-electron chi connectivity index (χ4n) is 3.86. The van der Waals surface area contributed by atoms with Gasteiger partial charge in [-0.05, 0) is 26.0 Å². The van der Waals surface area contributed by atoms with Gasteiger partial charge in [0.1, 0.15) is 22.8 Å². The predicted octanol–water partition coefficient (Wildman–Crippen LogP) is 2.99. The third kappa shape index (κ3) is 4.52. The summed E-state index contributed by atoms with van der Waals surface area (Å²) in [6.07, 6.45) is 1.83. The van der Waals surface area contributed by atoms with Gasteiger partial charge in [0.05, 0.1) is 0 Å². The minimum absolute atomic E-state index is 0.0109. The Morgan fingerprint density at radius 2 is 1.83 bits per heavy atom. The summed E-state index contributed by atoms with van der Waals surface area (Å²) in [4.78, 5) is 22.1. The average Bonchev–Trinajstić information content (AvgIpc) is 3.17. The van der Waals surface area contributed by atoms with Crippen LogP contribution in [-0.2, 0) is 0 Å². The van der Waals surface area contributed by atoms with Crippen LogP contribution < -0.4 is 10.2 Å². The van der Waals surface area contributed by atoms with Crippen LogP contribution in [0.15, 0.2) is 59.3 Å². The number of nitrogens with one attached hydrogen (secondary N) is 1. The highest BCUT2D eigenvalue weighted by atomic mass is 16.5. The number of pyridine rings is 1. The van der Waals surface area contributed by atoms with Crippen molar-refractivity contribution in [2.45, 2.75) is 19.9 Å². The smallest absolute Gasteiger partial charge is 0.257 e. The minimum Gasteiger partial charge on any atom is -0.360 e. The van der Waals surface area contributed by atoms with Crippen LogP contribution in [0.4, 0.5) is 5.82 Å². The van der Waals surface area contributed by atoms with E-state index in [0.29, 0.717) is 17.0 Å². The van der Waals surface area contributed by atoms with Crippen LogP contribution in [-0.4, -0.2) is 59.7 Å². The Hall–Kier alpha value is -3.19. The molecule has 1 unspecified atom stereocenters. The fraction of sp³-hybridized carbons (Fsp3) is 0.348. The predicted molar refractivity (Wildman–Crippen MR) is 116 cm³/mol. The summed E-state index contributed by atoms with van der Waals surface area (Å²) in [7, 11) is 0. The number of hydrogen-bond acceptors (Lipinski definition) is 6. The normalized spacial score (nSPS) is 15.7. The molecule has 1 atom stereocenters. The highest BCUT2D eigenvalue weighted by Gasteiger charge is 2.24. The standard InChI is InChI=1S/C23H27N5O2/c1-17(16-27-12-14-28(15-13-27)20-10-6-7-11-24-20)25-23(29)21-18(2)30-26-22(21)19-8-4-3-5-9-19/h3-11,17H,12-16H2,1-2H3,(H,25,29). The van der Waals surface area contributed by atoms with E-state index in [1.807, 2.05) is 61.7 Å². The van der Waals surface area contributed by atoms with Gasteiger partial charge in [-0.25, -0.2) is 4.98 Å². The summed E-state index contributed by atoms with van der Waals surface area (Å²) in [5.41, 5.74) is 1.97. The van der Waals surface area contributed by atoms with E-state index in [1.165, 1.54) is 0 Å². The van der Waals surface area contributed by atoms with Gasteiger partial charge in [0, 0.05) is 50.5 Å². The largest absolute Gasteiger partial charge is 0.360 e. The van der Waals surface area contributed by atoms with Crippen LogP contribution in [0.5, 0.6) is 0 Å². The molecule has 0 radical (unpaired) electrons. The number of piperazine rings is 1. The lowest BCUT2D eigenvalue weighted by Crippen LogP contribution is -2.51. The maximum atomic E-state index is 13.0. The molecule has 1 N–H and O–H groups in total. The molecule has 7 nitrogen and oxygen atoms in total. The first-order chi connectivity index (χ1) is 14.6. The van der Waals surface area contributed by atoms with E-state index in [1.54, 1.807) is 6.92 Å². The quantitative estimate of drug-likeness (QED) is 0.680. The number of nitrogens with zero attached hydrogens (tertiary/aromatic N) is 4. The molecule has 1 aromatic carbocycles. The highest BCUT2D eigenvalue weighted by Crippen LogP contribution is 2.25. The summed E-state index contributed by atoms with van der Waals surface area (Å²) in [5, 5.41) is 7.23. The summed E-state index contributed by atoms with van der Waals surface area (Å²) in [5.74, 6) is 1.41. The van der Waals surface area contributed by atoms with Crippen LogP contribution in [0.2, 0.25) is 0 Å². The van der Waals surface area contributed by atoms with Crippen molar-refractivity contribution in [3.63, 3.8) is 0 Å². The Morgan fingerprint density at radius 1 is 1.10 bits per heavy atom. The number of aryl methyl sites for hydroxylation is 1. The number of aromatic nitrogens is 2. The molecule has 7 heteroatoms. The van der Waals surface area contributed by atoms with Gasteiger partial charge in [-0.15, -0.1) is 0 Å². The highest BCUT2D eigenvalue weighted by molar-refractivity contribution is 6.00. The molecule has 1 aliphatic rings. The molecular weight excluding hydrogens is 378 g/mol. The van der Waals surface area contributed by atoms with E-state index in [9.17, 15) is 4.79 Å². The summed E-state index contributed by atoms with van der Waals surface area (Å²) in [6.45, 7) is 8.36. The van der Waals surface area contributed by atoms with Crippen molar-refractivity contribution < 1.29 is 9.32 Å². The Morgan fingerprint density at radius 3 is 2.53 bits per heavy atom. The van der Waals surface area contributed by atoms with Crippen molar-refractivity contribution in [2.24, 2.45) is 0 Å². The molecule has 0 spiro atoms. The molecule has 4 rings (SSSR count). The molecule has 0 aliphatic carbocycles. The summed E-state index contributed by atoms with van der Waals surface area (Å²) < 4.78 is 5.32. The van der Waals surface area contributed by atoms with Crippen molar-refractivity contribution in [1.82, 2.24) is 20.4 Å². The zero-order valence-electron chi connectivity index (χ0n) is 17.4. The van der Waals surface area contributed by atoms with Gasteiger partial charge in [0.25, 0.3) is 5.91 Å². The maximum absolute atomic E-state index is 13.0. The SMILES string of the molecule is Cc1onc(-c2ccccc2)c1C(=O)NC(C)CN1CCN(c2ccccn2)CC1. The van der Waals surface area contributed by atoms with E-state index in [4.69, 9.17) is 4.52 Å². The van der Waals surface area contributed by atoms with Gasteiger partial charge in [0.2, 0.25) is 0 Å². The van der Waals surface area contributed by atoms with Crippen LogP contribution in [0, 0.1) is 6.92 Å². The van der Waals surface area contributed by atoms with Crippen molar-refractivity contribution in [3.05, 3.63) is 66.1 Å². The van der Waals surface area contributed by atoms with Gasteiger partial charge in [-0.3, -0.25) is 9.69 Å². The number of anilines is 1. The second-order valence-corrected chi connectivity index (χ2v) is 7.68. The van der Waals surface area contributed by atoms with Crippen molar-refractivity contribution in [3.8, 4) is 11.3 Å². The third-order valence-corrected chi connectivity index (χ3v) is 5.39. The second-order valence-electron chi connectivity index (χ2n) is 7.68. The lowest BCUT2D eigenvalue weighted by atomic mass is 10.1. The number of hydrogen-bond donors (Lipinski definition) is 1. The molecule has 1 fully saturated rings. The molecule has 1 saturated heterocycles. The lowest BCUT2D eigenvalue weighted by molar-refractivity contribution is 0.0927. The monoisotopic (exact) mass is 405 g/mol. The molecule has 0 bridgehead atoms. The minimum atomic E-state index is -0.146. The molecule has 156 valence electrons. The topological polar surface area (TPSA) is 74.5 Å². The number of carbonyl (C=O) groups excluding carboxylic acids is 1. The Balaban J connectivity index is 1.34. The van der Waals surface area contributed by atoms with Gasteiger partial charge < -0.3 is 14.7 Å². The molecule has 2 aromatic heterocycles. The number of carbonyl (C=O) groups is 1. The van der Waals surface area contributed by atoms with Crippen LogP contribution in [0.3, 0.4) is 0 Å². The molecule has 0 saturated carbocycles. The summed E-state index contributed by atoms with van der Waals surface area (Å²) in [6, 6.07) is 15.7. The number of benzene rings is 1. The zero-order valence-corrected chi connectivity index (χ0v) is 17.4. The molecule has 3 aromatic rings. The van der Waals surface area contributed by atoms with Gasteiger partial charge in [0.15, 0.2) is 0 Å². The first kappa shape index (κ1) is 20.1. The van der Waals surface area contributed by atoms with E-state index in [0.717, 1.165) is 44.1 Å². The lowest BCUT2D eigenvalue weighted by Gasteiger charge is -2.36. The summed E-state index contributed by atoms with van der Waals surface area (Å²) >= 11 is 0. The molecule has 1 aliphatic heterocycles. The molecule has 30 heavy (non-hydrogen) atoms. The van der Waals surface area contributed by atoms with Gasteiger partial charge in [-0.1, -0.05) is 41.6 Å². The van der Waals surface area contributed by atoms with E-state index in [2.05, 4.69) is 25.3 Å². The molecule has 3 heterocycles. The Bertz CT molecular complexity index is 966. The van der Waals surface area contributed by atoms with Crippen LogP contribution in [0.1, 0.15) is 23.0 Å². The first-order valence-electron chi connectivity index (χ1n) is 10.3.